The van der Waals surface area contributed by atoms with Gasteiger partial charge in [0.25, 0.3) is 0 Å². The van der Waals surface area contributed by atoms with E-state index < -0.39 is 16.0 Å². The second kappa shape index (κ2) is 7.41. The highest BCUT2D eigenvalue weighted by Gasteiger charge is 2.20. The van der Waals surface area contributed by atoms with Crippen LogP contribution in [0.2, 0.25) is 5.02 Å². The molecule has 1 aromatic rings. The third kappa shape index (κ3) is 4.19. The fraction of sp³-hybridized carbons (Fsp3) is 0.500. The van der Waals surface area contributed by atoms with Gasteiger partial charge in [-0.1, -0.05) is 11.6 Å². The van der Waals surface area contributed by atoms with Crippen LogP contribution in [0.25, 0.3) is 0 Å². The molecule has 0 aromatic heterocycles. The molecule has 0 bridgehead atoms. The Labute approximate surface area is 135 Å². The van der Waals surface area contributed by atoms with E-state index in [0.717, 1.165) is 25.9 Å². The molecular weight excluding hydrogens is 328 g/mol. The zero-order chi connectivity index (χ0) is 16.2. The lowest BCUT2D eigenvalue weighted by molar-refractivity contribution is 0.0601. The standard InChI is InChI=1S/C14H19ClN2O4S/c1-21-14(18)12-5-4-11(7-13(12)15)22(19,20)17-9-10-3-2-6-16-8-10/h4-5,7,10,16-17H,2-3,6,8-9H2,1H3/t10-/m0/s1. The number of carbonyl (C=O) groups excluding carboxylic acids is 1. The van der Waals surface area contributed by atoms with Gasteiger partial charge in [-0.3, -0.25) is 0 Å². The highest BCUT2D eigenvalue weighted by molar-refractivity contribution is 7.89. The maximum atomic E-state index is 12.3. The predicted molar refractivity (Wildman–Crippen MR) is 83.6 cm³/mol. The van der Waals surface area contributed by atoms with Crippen LogP contribution in [0.1, 0.15) is 23.2 Å². The fourth-order valence-electron chi connectivity index (χ4n) is 2.35. The Morgan fingerprint density at radius 1 is 1.50 bits per heavy atom. The van der Waals surface area contributed by atoms with E-state index in [2.05, 4.69) is 14.8 Å². The van der Waals surface area contributed by atoms with E-state index in [-0.39, 0.29) is 21.4 Å². The molecule has 1 fully saturated rings. The smallest absolute Gasteiger partial charge is 0.339 e. The van der Waals surface area contributed by atoms with Gasteiger partial charge in [-0.05, 0) is 50.0 Å². The lowest BCUT2D eigenvalue weighted by Gasteiger charge is -2.22. The first-order chi connectivity index (χ1) is 10.4. The molecule has 0 radical (unpaired) electrons. The molecule has 1 heterocycles. The van der Waals surface area contributed by atoms with Gasteiger partial charge >= 0.3 is 5.97 Å². The van der Waals surface area contributed by atoms with Crippen molar-refractivity contribution in [3.8, 4) is 0 Å². The Morgan fingerprint density at radius 2 is 2.27 bits per heavy atom. The number of carbonyl (C=O) groups is 1. The van der Waals surface area contributed by atoms with Gasteiger partial charge in [-0.15, -0.1) is 0 Å². The molecule has 1 aromatic carbocycles. The summed E-state index contributed by atoms with van der Waals surface area (Å²) in [6.07, 6.45) is 2.05. The van der Waals surface area contributed by atoms with Crippen molar-refractivity contribution in [2.24, 2.45) is 5.92 Å². The molecule has 0 unspecified atom stereocenters. The van der Waals surface area contributed by atoms with Crippen molar-refractivity contribution in [1.82, 2.24) is 10.0 Å². The van der Waals surface area contributed by atoms with Crippen LogP contribution >= 0.6 is 11.6 Å². The van der Waals surface area contributed by atoms with Crippen LogP contribution in [-0.4, -0.2) is 41.1 Å². The van der Waals surface area contributed by atoms with Gasteiger partial charge in [-0.2, -0.15) is 0 Å². The second-order valence-corrected chi connectivity index (χ2v) is 7.37. The number of esters is 1. The minimum atomic E-state index is -3.65. The molecule has 0 aliphatic carbocycles. The van der Waals surface area contributed by atoms with Crippen molar-refractivity contribution in [3.63, 3.8) is 0 Å². The predicted octanol–water partition coefficient (Wildman–Crippen LogP) is 1.40. The molecule has 0 spiro atoms. The summed E-state index contributed by atoms with van der Waals surface area (Å²) in [6, 6.07) is 3.96. The number of piperidine rings is 1. The van der Waals surface area contributed by atoms with E-state index in [1.54, 1.807) is 0 Å². The van der Waals surface area contributed by atoms with E-state index in [1.807, 2.05) is 0 Å². The lowest BCUT2D eigenvalue weighted by Crippen LogP contribution is -2.38. The summed E-state index contributed by atoms with van der Waals surface area (Å²) in [5.74, 6) is -0.316. The van der Waals surface area contributed by atoms with Gasteiger partial charge in [0.2, 0.25) is 10.0 Å². The number of hydrogen-bond donors (Lipinski definition) is 2. The van der Waals surface area contributed by atoms with Crippen LogP contribution in [0, 0.1) is 5.92 Å². The summed E-state index contributed by atoms with van der Waals surface area (Å²) in [4.78, 5) is 11.5. The Hall–Kier alpha value is -1.15. The quantitative estimate of drug-likeness (QED) is 0.787. The normalized spacial score (nSPS) is 18.9. The first-order valence-electron chi connectivity index (χ1n) is 7.02. The molecule has 8 heteroatoms. The Kier molecular flexibility index (Phi) is 5.80. The number of halogens is 1. The number of nitrogens with one attached hydrogen (secondary N) is 2. The van der Waals surface area contributed by atoms with E-state index in [1.165, 1.54) is 25.3 Å². The number of ether oxygens (including phenoxy) is 1. The number of rotatable bonds is 5. The molecule has 2 N–H and O–H groups in total. The van der Waals surface area contributed by atoms with Crippen molar-refractivity contribution >= 4 is 27.6 Å². The Morgan fingerprint density at radius 3 is 2.86 bits per heavy atom. The van der Waals surface area contributed by atoms with Gasteiger partial charge in [0.05, 0.1) is 22.6 Å². The maximum absolute atomic E-state index is 12.3. The highest BCUT2D eigenvalue weighted by atomic mass is 35.5. The maximum Gasteiger partial charge on any atom is 0.339 e. The van der Waals surface area contributed by atoms with Crippen LogP contribution in [0.4, 0.5) is 0 Å². The molecule has 1 saturated heterocycles. The van der Waals surface area contributed by atoms with E-state index >= 15 is 0 Å². The summed E-state index contributed by atoms with van der Waals surface area (Å²) in [6.45, 7) is 2.17. The van der Waals surface area contributed by atoms with Crippen molar-refractivity contribution in [3.05, 3.63) is 28.8 Å². The van der Waals surface area contributed by atoms with Gasteiger partial charge < -0.3 is 10.1 Å². The van der Waals surface area contributed by atoms with E-state index in [0.29, 0.717) is 6.54 Å². The molecule has 6 nitrogen and oxygen atoms in total. The van der Waals surface area contributed by atoms with E-state index in [9.17, 15) is 13.2 Å². The van der Waals surface area contributed by atoms with Crippen molar-refractivity contribution in [2.75, 3.05) is 26.7 Å². The van der Waals surface area contributed by atoms with Crippen molar-refractivity contribution < 1.29 is 17.9 Å². The number of sulfonamides is 1. The molecule has 22 heavy (non-hydrogen) atoms. The van der Waals surface area contributed by atoms with Crippen molar-refractivity contribution in [1.29, 1.82) is 0 Å². The summed E-state index contributed by atoms with van der Waals surface area (Å²) < 4.78 is 31.7. The van der Waals surface area contributed by atoms with Crippen LogP contribution in [0.15, 0.2) is 23.1 Å². The molecule has 1 aliphatic heterocycles. The van der Waals surface area contributed by atoms with Gasteiger partial charge in [0, 0.05) is 6.54 Å². The average Bonchev–Trinajstić information content (AvgIpc) is 2.53. The molecule has 2 rings (SSSR count). The van der Waals surface area contributed by atoms with Crippen LogP contribution < -0.4 is 10.0 Å². The summed E-state index contributed by atoms with van der Waals surface area (Å²) >= 11 is 5.95. The lowest BCUT2D eigenvalue weighted by atomic mass is 10.0. The van der Waals surface area contributed by atoms with E-state index in [4.69, 9.17) is 11.6 Å². The molecule has 1 aliphatic rings. The zero-order valence-corrected chi connectivity index (χ0v) is 13.8. The Balaban J connectivity index is 2.08. The third-order valence-corrected chi connectivity index (χ3v) is 5.35. The van der Waals surface area contributed by atoms with Crippen LogP contribution in [0.5, 0.6) is 0 Å². The van der Waals surface area contributed by atoms with Crippen LogP contribution in [0.3, 0.4) is 0 Å². The van der Waals surface area contributed by atoms with Gasteiger partial charge in [-0.25, -0.2) is 17.9 Å². The van der Waals surface area contributed by atoms with Gasteiger partial charge in [0.15, 0.2) is 0 Å². The molecule has 0 saturated carbocycles. The second-order valence-electron chi connectivity index (χ2n) is 5.20. The van der Waals surface area contributed by atoms with Crippen LogP contribution in [-0.2, 0) is 14.8 Å². The van der Waals surface area contributed by atoms with Crippen molar-refractivity contribution in [2.45, 2.75) is 17.7 Å². The number of benzene rings is 1. The molecule has 1 atom stereocenters. The largest absolute Gasteiger partial charge is 0.465 e. The first kappa shape index (κ1) is 17.2. The fourth-order valence-corrected chi connectivity index (χ4v) is 3.81. The monoisotopic (exact) mass is 346 g/mol. The highest BCUT2D eigenvalue weighted by Crippen LogP contribution is 2.22. The Bertz CT molecular complexity index is 642. The minimum absolute atomic E-state index is 0.0360. The summed E-state index contributed by atoms with van der Waals surface area (Å²) in [7, 11) is -2.41. The first-order valence-corrected chi connectivity index (χ1v) is 8.88. The number of methoxy groups -OCH3 is 1. The average molecular weight is 347 g/mol. The van der Waals surface area contributed by atoms with Gasteiger partial charge in [0.1, 0.15) is 0 Å². The zero-order valence-electron chi connectivity index (χ0n) is 12.3. The summed E-state index contributed by atoms with van der Waals surface area (Å²) in [5.41, 5.74) is 0.139. The molecule has 0 amide bonds. The number of hydrogen-bond acceptors (Lipinski definition) is 5. The SMILES string of the molecule is COC(=O)c1ccc(S(=O)(=O)NC[C@H]2CCCNC2)cc1Cl. The molecular formula is C14H19ClN2O4S. The topological polar surface area (TPSA) is 84.5 Å². The minimum Gasteiger partial charge on any atom is -0.465 e. The molecule has 122 valence electrons. The summed E-state index contributed by atoms with van der Waals surface area (Å²) in [5, 5.41) is 3.29. The third-order valence-electron chi connectivity index (χ3n) is 3.62.